The average Bonchev–Trinajstić information content (AvgIpc) is 2.68. The lowest BCUT2D eigenvalue weighted by Gasteiger charge is -2.37. The first-order chi connectivity index (χ1) is 13.2. The van der Waals surface area contributed by atoms with Gasteiger partial charge in [0.1, 0.15) is 5.82 Å². The van der Waals surface area contributed by atoms with Crippen LogP contribution in [0.3, 0.4) is 0 Å². The molecule has 1 N–H and O–H groups in total. The largest absolute Gasteiger partial charge is 0.353 e. The lowest BCUT2D eigenvalue weighted by molar-refractivity contribution is -0.123. The molecular weight excluding hydrogens is 386 g/mol. The number of nitrogens with one attached hydrogen (secondary N) is 1. The Bertz CT molecular complexity index is 791. The van der Waals surface area contributed by atoms with Gasteiger partial charge in [0.15, 0.2) is 0 Å². The Morgan fingerprint density at radius 2 is 1.62 bits per heavy atom. The highest BCUT2D eigenvalue weighted by atomic mass is 35.5. The topological polar surface area (TPSA) is 61.4 Å². The van der Waals surface area contributed by atoms with Crippen LogP contribution >= 0.6 is 12.4 Å². The number of hydrogen-bond donors (Lipinski definition) is 1. The van der Waals surface area contributed by atoms with Crippen LogP contribution < -0.4 is 10.2 Å². The molecule has 1 amide bonds. The fourth-order valence-corrected chi connectivity index (χ4v) is 3.14. The van der Waals surface area contributed by atoms with E-state index in [0.717, 1.165) is 48.9 Å². The van der Waals surface area contributed by atoms with Crippen molar-refractivity contribution >= 4 is 29.8 Å². The first kappa shape index (κ1) is 23.1. The van der Waals surface area contributed by atoms with Gasteiger partial charge in [0, 0.05) is 48.9 Å². The van der Waals surface area contributed by atoms with Gasteiger partial charge in [0.05, 0.1) is 18.1 Å². The van der Waals surface area contributed by atoms with Gasteiger partial charge in [-0.05, 0) is 26.0 Å². The number of piperazine rings is 1. The highest BCUT2D eigenvalue weighted by Gasteiger charge is 2.21. The fraction of sp³-hybridized carbons (Fsp3) is 0.500. The van der Waals surface area contributed by atoms with Crippen molar-refractivity contribution in [2.45, 2.75) is 40.7 Å². The standard InChI is InChI=1S/C22H31N5O.ClH/c1-16(2)26-10-12-27(13-11-26)20-15-23-19(14-24-20)17-6-8-18(9-7-17)25-21(28)22(3,4)5;/h6-9,14-16H,10-13H2,1-5H3,(H,25,28);1H. The van der Waals surface area contributed by atoms with Crippen LogP contribution in [0.1, 0.15) is 34.6 Å². The molecule has 7 heteroatoms. The number of amides is 1. The lowest BCUT2D eigenvalue weighted by atomic mass is 9.95. The molecule has 1 aromatic heterocycles. The van der Waals surface area contributed by atoms with Crippen molar-refractivity contribution < 1.29 is 4.79 Å². The lowest BCUT2D eigenvalue weighted by Crippen LogP contribution is -2.49. The van der Waals surface area contributed by atoms with Crippen LogP contribution in [0, 0.1) is 5.41 Å². The van der Waals surface area contributed by atoms with E-state index < -0.39 is 5.41 Å². The molecule has 0 saturated carbocycles. The van der Waals surface area contributed by atoms with Gasteiger partial charge >= 0.3 is 0 Å². The summed E-state index contributed by atoms with van der Waals surface area (Å²) in [4.78, 5) is 26.1. The van der Waals surface area contributed by atoms with E-state index in [0.29, 0.717) is 6.04 Å². The molecule has 29 heavy (non-hydrogen) atoms. The minimum Gasteiger partial charge on any atom is -0.353 e. The average molecular weight is 418 g/mol. The molecule has 2 heterocycles. The number of aromatic nitrogens is 2. The molecule has 1 saturated heterocycles. The minimum absolute atomic E-state index is 0. The summed E-state index contributed by atoms with van der Waals surface area (Å²) in [6.45, 7) is 14.3. The molecule has 2 aromatic rings. The number of carbonyl (C=O) groups excluding carboxylic acids is 1. The Morgan fingerprint density at radius 1 is 1.00 bits per heavy atom. The molecule has 0 bridgehead atoms. The van der Waals surface area contributed by atoms with Crippen LogP contribution in [-0.4, -0.2) is 53.0 Å². The normalized spacial score (nSPS) is 15.2. The number of hydrogen-bond acceptors (Lipinski definition) is 5. The smallest absolute Gasteiger partial charge is 0.229 e. The Hall–Kier alpha value is -2.18. The number of nitrogens with zero attached hydrogens (tertiary/aromatic N) is 4. The van der Waals surface area contributed by atoms with Gasteiger partial charge in [-0.3, -0.25) is 14.7 Å². The molecular formula is C22H32ClN5O. The van der Waals surface area contributed by atoms with Crippen molar-refractivity contribution in [3.63, 3.8) is 0 Å². The number of anilines is 2. The van der Waals surface area contributed by atoms with E-state index in [1.807, 2.05) is 57.4 Å². The molecule has 0 unspecified atom stereocenters. The third kappa shape index (κ3) is 5.90. The van der Waals surface area contributed by atoms with Crippen molar-refractivity contribution in [2.75, 3.05) is 36.4 Å². The van der Waals surface area contributed by atoms with Gasteiger partial charge in [-0.1, -0.05) is 32.9 Å². The summed E-state index contributed by atoms with van der Waals surface area (Å²) in [6, 6.07) is 8.32. The molecule has 0 radical (unpaired) electrons. The third-order valence-electron chi connectivity index (χ3n) is 5.13. The monoisotopic (exact) mass is 417 g/mol. The summed E-state index contributed by atoms with van der Waals surface area (Å²) in [7, 11) is 0. The van der Waals surface area contributed by atoms with Gasteiger partial charge in [0.25, 0.3) is 0 Å². The Labute approximate surface area is 180 Å². The zero-order valence-electron chi connectivity index (χ0n) is 18.0. The zero-order valence-corrected chi connectivity index (χ0v) is 18.8. The van der Waals surface area contributed by atoms with Gasteiger partial charge < -0.3 is 10.2 Å². The van der Waals surface area contributed by atoms with Gasteiger partial charge in [0.2, 0.25) is 5.91 Å². The zero-order chi connectivity index (χ0) is 20.3. The quantitative estimate of drug-likeness (QED) is 0.812. The van der Waals surface area contributed by atoms with Crippen molar-refractivity contribution in [3.05, 3.63) is 36.7 Å². The number of benzene rings is 1. The van der Waals surface area contributed by atoms with Crippen LogP contribution in [0.5, 0.6) is 0 Å². The van der Waals surface area contributed by atoms with Crippen molar-refractivity contribution in [1.82, 2.24) is 14.9 Å². The fourth-order valence-electron chi connectivity index (χ4n) is 3.14. The second-order valence-electron chi connectivity index (χ2n) is 8.66. The summed E-state index contributed by atoms with van der Waals surface area (Å²) in [6.07, 6.45) is 3.68. The van der Waals surface area contributed by atoms with Gasteiger partial charge in [-0.25, -0.2) is 4.98 Å². The summed E-state index contributed by atoms with van der Waals surface area (Å²) in [5.41, 5.74) is 2.19. The first-order valence-electron chi connectivity index (χ1n) is 9.97. The van der Waals surface area contributed by atoms with E-state index in [9.17, 15) is 4.79 Å². The van der Waals surface area contributed by atoms with Crippen molar-refractivity contribution in [3.8, 4) is 11.3 Å². The second kappa shape index (κ2) is 9.55. The summed E-state index contributed by atoms with van der Waals surface area (Å²) >= 11 is 0. The summed E-state index contributed by atoms with van der Waals surface area (Å²) in [5, 5.41) is 2.94. The molecule has 6 nitrogen and oxygen atoms in total. The third-order valence-corrected chi connectivity index (χ3v) is 5.13. The van der Waals surface area contributed by atoms with Gasteiger partial charge in [-0.15, -0.1) is 12.4 Å². The van der Waals surface area contributed by atoms with Crippen LogP contribution in [0.4, 0.5) is 11.5 Å². The van der Waals surface area contributed by atoms with Crippen molar-refractivity contribution in [2.24, 2.45) is 5.41 Å². The van der Waals surface area contributed by atoms with Crippen LogP contribution in [0.15, 0.2) is 36.7 Å². The van der Waals surface area contributed by atoms with Crippen LogP contribution in [-0.2, 0) is 4.79 Å². The second-order valence-corrected chi connectivity index (χ2v) is 8.66. The van der Waals surface area contributed by atoms with E-state index in [4.69, 9.17) is 0 Å². The van der Waals surface area contributed by atoms with E-state index in [1.54, 1.807) is 0 Å². The van der Waals surface area contributed by atoms with E-state index >= 15 is 0 Å². The highest BCUT2D eigenvalue weighted by molar-refractivity contribution is 5.94. The van der Waals surface area contributed by atoms with E-state index in [2.05, 4.69) is 38.9 Å². The summed E-state index contributed by atoms with van der Waals surface area (Å²) in [5.74, 6) is 0.933. The maximum Gasteiger partial charge on any atom is 0.229 e. The minimum atomic E-state index is -0.416. The van der Waals surface area contributed by atoms with Crippen LogP contribution in [0.25, 0.3) is 11.3 Å². The van der Waals surface area contributed by atoms with Crippen LogP contribution in [0.2, 0.25) is 0 Å². The Kier molecular flexibility index (Phi) is 7.60. The molecule has 3 rings (SSSR count). The number of rotatable bonds is 4. The highest BCUT2D eigenvalue weighted by Crippen LogP contribution is 2.23. The van der Waals surface area contributed by atoms with E-state index in [-0.39, 0.29) is 18.3 Å². The number of halogens is 1. The molecule has 1 aliphatic rings. The molecule has 1 aromatic carbocycles. The molecule has 158 valence electrons. The molecule has 0 atom stereocenters. The molecule has 1 fully saturated rings. The number of carbonyl (C=O) groups is 1. The maximum absolute atomic E-state index is 12.1. The SMILES string of the molecule is CC(C)N1CCN(c2cnc(-c3ccc(NC(=O)C(C)(C)C)cc3)cn2)CC1.Cl. The molecule has 0 spiro atoms. The predicted octanol–water partition coefficient (Wildman–Crippen LogP) is 4.08. The molecule has 1 aliphatic heterocycles. The Balaban J connectivity index is 0.00000300. The predicted molar refractivity (Wildman–Crippen MR) is 122 cm³/mol. The van der Waals surface area contributed by atoms with Crippen molar-refractivity contribution in [1.29, 1.82) is 0 Å². The maximum atomic E-state index is 12.1. The Morgan fingerprint density at radius 3 is 2.10 bits per heavy atom. The van der Waals surface area contributed by atoms with E-state index in [1.165, 1.54) is 0 Å². The van der Waals surface area contributed by atoms with Gasteiger partial charge in [-0.2, -0.15) is 0 Å². The summed E-state index contributed by atoms with van der Waals surface area (Å²) < 4.78 is 0. The first-order valence-corrected chi connectivity index (χ1v) is 9.97. The molecule has 0 aliphatic carbocycles.